The molecule has 4 aromatic rings. The third-order valence-corrected chi connectivity index (χ3v) is 7.60. The van der Waals surface area contributed by atoms with Gasteiger partial charge in [0.15, 0.2) is 5.76 Å². The number of carboxylic acids is 1. The van der Waals surface area contributed by atoms with Crippen LogP contribution in [0.15, 0.2) is 46.9 Å². The fraction of sp³-hybridized carbons (Fsp3) is 0.400. The maximum absolute atomic E-state index is 12.5. The lowest BCUT2D eigenvalue weighted by Gasteiger charge is -2.37. The molecule has 2 aromatic heterocycles. The number of rotatable bonds is 8. The highest BCUT2D eigenvalue weighted by Gasteiger charge is 2.32. The number of pyridine rings is 1. The van der Waals surface area contributed by atoms with Crippen molar-refractivity contribution in [1.82, 2.24) is 4.98 Å². The number of halogens is 1. The van der Waals surface area contributed by atoms with Gasteiger partial charge in [-0.2, -0.15) is 0 Å². The number of hydrogen-bond acceptors (Lipinski definition) is 5. The Labute approximate surface area is 215 Å². The second-order valence-electron chi connectivity index (χ2n) is 10.3. The van der Waals surface area contributed by atoms with Crippen molar-refractivity contribution in [1.29, 1.82) is 0 Å². The minimum atomic E-state index is -1.05. The number of aromatic nitrogens is 1. The summed E-state index contributed by atoms with van der Waals surface area (Å²) in [6.07, 6.45) is 3.51. The average Bonchev–Trinajstić information content (AvgIpc) is 3.24. The first-order valence-electron chi connectivity index (χ1n) is 12.8. The van der Waals surface area contributed by atoms with Crippen LogP contribution in [0.2, 0.25) is 0 Å². The van der Waals surface area contributed by atoms with Crippen LogP contribution < -0.4 is 4.74 Å². The molecule has 2 aromatic carbocycles. The normalized spacial score (nSPS) is 19.9. The molecular formula is C30H32FNO5. The van der Waals surface area contributed by atoms with Crippen LogP contribution in [0.1, 0.15) is 54.1 Å². The maximum atomic E-state index is 12.5. The number of aromatic carboxylic acids is 1. The summed E-state index contributed by atoms with van der Waals surface area (Å²) >= 11 is 0. The molecule has 0 saturated heterocycles. The molecule has 0 aliphatic heterocycles. The molecule has 0 bridgehead atoms. The number of carboxylic acid groups (broad SMARTS) is 1. The predicted octanol–water partition coefficient (Wildman–Crippen LogP) is 7.28. The molecule has 1 N–H and O–H groups in total. The lowest BCUT2D eigenvalue weighted by atomic mass is 9.80. The zero-order valence-corrected chi connectivity index (χ0v) is 21.5. The van der Waals surface area contributed by atoms with Gasteiger partial charge in [0.1, 0.15) is 23.7 Å². The highest BCUT2D eigenvalue weighted by atomic mass is 19.1. The Morgan fingerprint density at radius 3 is 2.65 bits per heavy atom. The van der Waals surface area contributed by atoms with Crippen molar-refractivity contribution in [3.8, 4) is 17.2 Å². The Kier molecular flexibility index (Phi) is 6.90. The molecule has 194 valence electrons. The van der Waals surface area contributed by atoms with Gasteiger partial charge in [-0.05, 0) is 76.1 Å². The molecule has 0 amide bonds. The molecule has 6 nitrogen and oxygen atoms in total. The summed E-state index contributed by atoms with van der Waals surface area (Å²) in [4.78, 5) is 17.3. The first-order chi connectivity index (χ1) is 17.8. The van der Waals surface area contributed by atoms with E-state index < -0.39 is 12.6 Å². The van der Waals surface area contributed by atoms with Crippen LogP contribution in [-0.4, -0.2) is 41.5 Å². The van der Waals surface area contributed by atoms with E-state index in [-0.39, 0.29) is 17.8 Å². The molecule has 7 heteroatoms. The van der Waals surface area contributed by atoms with Gasteiger partial charge in [0.05, 0.1) is 35.3 Å². The summed E-state index contributed by atoms with van der Waals surface area (Å²) in [6, 6.07) is 13.0. The van der Waals surface area contributed by atoms with Gasteiger partial charge in [-0.25, -0.2) is 14.2 Å². The van der Waals surface area contributed by atoms with E-state index >= 15 is 0 Å². The Balaban J connectivity index is 1.46. The lowest BCUT2D eigenvalue weighted by molar-refractivity contribution is -0.0707. The van der Waals surface area contributed by atoms with Crippen LogP contribution in [0.4, 0.5) is 4.39 Å². The smallest absolute Gasteiger partial charge is 0.336 e. The quantitative estimate of drug-likeness (QED) is 0.271. The van der Waals surface area contributed by atoms with E-state index in [1.807, 2.05) is 57.2 Å². The van der Waals surface area contributed by atoms with Crippen molar-refractivity contribution in [3.63, 3.8) is 0 Å². The number of carbonyl (C=O) groups is 1. The number of para-hydroxylation sites is 1. The Morgan fingerprint density at radius 1 is 1.19 bits per heavy atom. The Bertz CT molecular complexity index is 1450. The summed E-state index contributed by atoms with van der Waals surface area (Å²) in [7, 11) is 0. The topological polar surface area (TPSA) is 81.8 Å². The number of nitrogens with zero attached hydrogens (tertiary/aromatic N) is 1. The molecule has 5 rings (SSSR count). The van der Waals surface area contributed by atoms with Crippen LogP contribution in [-0.2, 0) is 4.74 Å². The molecule has 1 saturated carbocycles. The van der Waals surface area contributed by atoms with Crippen LogP contribution in [0.25, 0.3) is 33.3 Å². The molecular weight excluding hydrogens is 473 g/mol. The number of alkyl halides is 1. The highest BCUT2D eigenvalue weighted by molar-refractivity contribution is 6.07. The number of furan rings is 1. The number of hydrogen-bond donors (Lipinski definition) is 1. The van der Waals surface area contributed by atoms with Gasteiger partial charge in [0.2, 0.25) is 0 Å². The Hall–Kier alpha value is -3.45. The zero-order valence-electron chi connectivity index (χ0n) is 21.5. The second kappa shape index (κ2) is 10.1. The summed E-state index contributed by atoms with van der Waals surface area (Å²) in [5, 5.41) is 11.6. The Morgan fingerprint density at radius 2 is 1.95 bits per heavy atom. The van der Waals surface area contributed by atoms with Gasteiger partial charge in [-0.1, -0.05) is 24.3 Å². The van der Waals surface area contributed by atoms with E-state index in [4.69, 9.17) is 18.9 Å². The number of benzene rings is 2. The minimum absolute atomic E-state index is 0.132. The molecule has 0 radical (unpaired) electrons. The zero-order chi connectivity index (χ0) is 26.2. The van der Waals surface area contributed by atoms with E-state index in [1.54, 1.807) is 6.07 Å². The minimum Gasteiger partial charge on any atom is -0.493 e. The fourth-order valence-corrected chi connectivity index (χ4v) is 5.36. The van der Waals surface area contributed by atoms with Crippen LogP contribution in [0.5, 0.6) is 5.75 Å². The molecule has 1 fully saturated rings. The van der Waals surface area contributed by atoms with Gasteiger partial charge in [-0.15, -0.1) is 0 Å². The van der Waals surface area contributed by atoms with Gasteiger partial charge in [0.25, 0.3) is 0 Å². The fourth-order valence-electron chi connectivity index (χ4n) is 5.36. The van der Waals surface area contributed by atoms with Crippen molar-refractivity contribution >= 4 is 27.8 Å². The van der Waals surface area contributed by atoms with Crippen molar-refractivity contribution in [3.05, 3.63) is 59.2 Å². The molecule has 1 aliphatic carbocycles. The van der Waals surface area contributed by atoms with E-state index in [9.17, 15) is 14.3 Å². The van der Waals surface area contributed by atoms with Crippen molar-refractivity contribution < 1.29 is 28.2 Å². The maximum Gasteiger partial charge on any atom is 0.336 e. The number of aryl methyl sites for hydroxylation is 2. The summed E-state index contributed by atoms with van der Waals surface area (Å²) in [6.45, 7) is 6.05. The van der Waals surface area contributed by atoms with Gasteiger partial charge >= 0.3 is 5.97 Å². The average molecular weight is 506 g/mol. The predicted molar refractivity (Wildman–Crippen MR) is 141 cm³/mol. The van der Waals surface area contributed by atoms with Gasteiger partial charge in [-0.3, -0.25) is 0 Å². The van der Waals surface area contributed by atoms with Crippen LogP contribution >= 0.6 is 0 Å². The molecule has 0 atom stereocenters. The van der Waals surface area contributed by atoms with Gasteiger partial charge < -0.3 is 19.0 Å². The van der Waals surface area contributed by atoms with Crippen molar-refractivity contribution in [2.45, 2.75) is 52.1 Å². The molecule has 0 spiro atoms. The molecule has 2 heterocycles. The van der Waals surface area contributed by atoms with Gasteiger partial charge in [0, 0.05) is 10.9 Å². The highest BCUT2D eigenvalue weighted by Crippen LogP contribution is 2.39. The summed E-state index contributed by atoms with van der Waals surface area (Å²) < 4.78 is 30.6. The first-order valence-corrected chi connectivity index (χ1v) is 12.8. The third-order valence-electron chi connectivity index (χ3n) is 7.60. The molecule has 0 unspecified atom stereocenters. The van der Waals surface area contributed by atoms with E-state index in [1.165, 1.54) is 0 Å². The largest absolute Gasteiger partial charge is 0.493 e. The van der Waals surface area contributed by atoms with E-state index in [2.05, 4.69) is 0 Å². The van der Waals surface area contributed by atoms with Crippen molar-refractivity contribution in [2.75, 3.05) is 19.9 Å². The summed E-state index contributed by atoms with van der Waals surface area (Å²) in [5.41, 5.74) is 3.44. The summed E-state index contributed by atoms with van der Waals surface area (Å²) in [5.74, 6) is 0.352. The van der Waals surface area contributed by atoms with Crippen molar-refractivity contribution in [2.24, 2.45) is 5.92 Å². The van der Waals surface area contributed by atoms with Crippen LogP contribution in [0, 0.1) is 19.8 Å². The second-order valence-corrected chi connectivity index (χ2v) is 10.3. The van der Waals surface area contributed by atoms with Crippen LogP contribution in [0.3, 0.4) is 0 Å². The molecule has 37 heavy (non-hydrogen) atoms. The monoisotopic (exact) mass is 505 g/mol. The SMILES string of the molecule is Cc1c(-c2cc(C(=O)O)c3c(OC[C@H]4CC[C@@](C)(OCCF)CC4)ccc(C)c3n2)oc2ccccc12. The lowest BCUT2D eigenvalue weighted by Crippen LogP contribution is -2.36. The molecule has 1 aliphatic rings. The standard InChI is InChI=1S/C30H32FNO5/c1-18-8-9-25(35-17-20-10-12-30(3,13-11-20)36-15-14-31)26-22(29(33)34)16-23(32-27(18)26)28-19(2)21-6-4-5-7-24(21)37-28/h4-9,16,20H,10-15,17H2,1-3H3,(H,33,34)/t20-,30+. The van der Waals surface area contributed by atoms with E-state index in [0.29, 0.717) is 40.6 Å². The van der Waals surface area contributed by atoms with E-state index in [0.717, 1.165) is 47.8 Å². The number of ether oxygens (including phenoxy) is 2. The third kappa shape index (κ3) is 4.92. The number of fused-ring (bicyclic) bond motifs is 2. The first kappa shape index (κ1) is 25.2.